The van der Waals surface area contributed by atoms with Gasteiger partial charge in [0.25, 0.3) is 10.0 Å². The van der Waals surface area contributed by atoms with Gasteiger partial charge in [-0.2, -0.15) is 0 Å². The Morgan fingerprint density at radius 1 is 1.20 bits per heavy atom. The molecule has 4 nitrogen and oxygen atoms in total. The Morgan fingerprint density at radius 2 is 1.90 bits per heavy atom. The summed E-state index contributed by atoms with van der Waals surface area (Å²) in [4.78, 5) is 3.46. The molecule has 1 aromatic heterocycles. The van der Waals surface area contributed by atoms with E-state index in [1.807, 2.05) is 4.72 Å². The second-order valence-corrected chi connectivity index (χ2v) is 6.59. The Hall–Kier alpha value is -1.25. The molecule has 0 aliphatic rings. The van der Waals surface area contributed by atoms with E-state index in [9.17, 15) is 17.2 Å². The molecule has 9 heteroatoms. The van der Waals surface area contributed by atoms with Gasteiger partial charge in [-0.05, 0) is 34.1 Å². The van der Waals surface area contributed by atoms with Gasteiger partial charge in [-0.1, -0.05) is 11.6 Å². The maximum Gasteiger partial charge on any atom is 0.262 e. The van der Waals surface area contributed by atoms with Crippen LogP contribution in [0.5, 0.6) is 0 Å². The molecule has 106 valence electrons. The van der Waals surface area contributed by atoms with Crippen molar-refractivity contribution in [2.24, 2.45) is 0 Å². The molecule has 0 spiro atoms. The molecule has 0 radical (unpaired) electrons. The highest BCUT2D eigenvalue weighted by atomic mass is 79.9. The fraction of sp³-hybridized carbons (Fsp3) is 0. The Labute approximate surface area is 127 Å². The van der Waals surface area contributed by atoms with Crippen molar-refractivity contribution >= 4 is 43.2 Å². The van der Waals surface area contributed by atoms with E-state index in [-0.39, 0.29) is 20.2 Å². The number of pyridine rings is 1. The van der Waals surface area contributed by atoms with E-state index in [2.05, 4.69) is 20.9 Å². The molecule has 2 rings (SSSR count). The zero-order valence-electron chi connectivity index (χ0n) is 9.57. The lowest BCUT2D eigenvalue weighted by atomic mass is 10.3. The number of sulfonamides is 1. The van der Waals surface area contributed by atoms with E-state index in [0.29, 0.717) is 6.07 Å². The molecule has 0 aliphatic heterocycles. The van der Waals surface area contributed by atoms with Gasteiger partial charge in [-0.3, -0.25) is 4.72 Å². The molecule has 0 saturated carbocycles. The minimum absolute atomic E-state index is 0.0198. The molecule has 0 atom stereocenters. The van der Waals surface area contributed by atoms with Gasteiger partial charge < -0.3 is 0 Å². The zero-order valence-corrected chi connectivity index (χ0v) is 12.7. The summed E-state index contributed by atoms with van der Waals surface area (Å²) < 4.78 is 52.6. The van der Waals surface area contributed by atoms with E-state index in [0.717, 1.165) is 12.1 Å². The van der Waals surface area contributed by atoms with E-state index in [1.54, 1.807) is 0 Å². The van der Waals surface area contributed by atoms with Crippen LogP contribution in [0, 0.1) is 11.6 Å². The summed E-state index contributed by atoms with van der Waals surface area (Å²) in [7, 11) is -4.05. The number of benzene rings is 1. The van der Waals surface area contributed by atoms with Crippen LogP contribution in [0.1, 0.15) is 0 Å². The van der Waals surface area contributed by atoms with Crippen molar-refractivity contribution in [3.8, 4) is 0 Å². The van der Waals surface area contributed by atoms with Gasteiger partial charge in [0.05, 0.1) is 15.1 Å². The summed E-state index contributed by atoms with van der Waals surface area (Å²) in [5.41, 5.74) is -0.383. The molecule has 20 heavy (non-hydrogen) atoms. The summed E-state index contributed by atoms with van der Waals surface area (Å²) >= 11 is 8.44. The van der Waals surface area contributed by atoms with E-state index in [4.69, 9.17) is 11.6 Å². The van der Waals surface area contributed by atoms with Gasteiger partial charge in [-0.25, -0.2) is 22.2 Å². The van der Waals surface area contributed by atoms with E-state index in [1.165, 1.54) is 12.3 Å². The third-order valence-electron chi connectivity index (χ3n) is 2.26. The van der Waals surface area contributed by atoms with Gasteiger partial charge >= 0.3 is 0 Å². The lowest BCUT2D eigenvalue weighted by Crippen LogP contribution is -2.14. The summed E-state index contributed by atoms with van der Waals surface area (Å²) in [5, 5.41) is -0.0198. The normalized spacial score (nSPS) is 11.4. The van der Waals surface area contributed by atoms with Crippen LogP contribution in [-0.2, 0) is 10.0 Å². The molecule has 1 N–H and O–H groups in total. The predicted octanol–water partition coefficient (Wildman–Crippen LogP) is 3.58. The van der Waals surface area contributed by atoms with Crippen molar-refractivity contribution in [2.75, 3.05) is 4.72 Å². The molecule has 1 aromatic carbocycles. The number of halogens is 4. The largest absolute Gasteiger partial charge is 0.277 e. The van der Waals surface area contributed by atoms with Gasteiger partial charge in [0, 0.05) is 12.3 Å². The van der Waals surface area contributed by atoms with Crippen LogP contribution in [-0.4, -0.2) is 13.4 Å². The highest BCUT2D eigenvalue weighted by molar-refractivity contribution is 9.10. The first kappa shape index (κ1) is 15.1. The maximum absolute atomic E-state index is 13.5. The van der Waals surface area contributed by atoms with Crippen molar-refractivity contribution in [2.45, 2.75) is 4.90 Å². The minimum atomic E-state index is -4.05. The summed E-state index contributed by atoms with van der Waals surface area (Å²) in [6.45, 7) is 0. The van der Waals surface area contributed by atoms with Crippen LogP contribution in [0.4, 0.5) is 14.5 Å². The summed E-state index contributed by atoms with van der Waals surface area (Å²) in [6, 6.07) is 3.87. The molecule has 0 unspecified atom stereocenters. The number of nitrogens with one attached hydrogen (secondary N) is 1. The van der Waals surface area contributed by atoms with Gasteiger partial charge in [0.15, 0.2) is 0 Å². The molecule has 0 saturated heterocycles. The van der Waals surface area contributed by atoms with Crippen LogP contribution in [0.15, 0.2) is 39.8 Å². The SMILES string of the molecule is O=S(=O)(Nc1cc(Br)c(F)cc1F)c1ccnc(Cl)c1. The quantitative estimate of drug-likeness (QED) is 0.651. The number of aromatic nitrogens is 1. The van der Waals surface area contributed by atoms with Crippen molar-refractivity contribution in [3.05, 3.63) is 51.7 Å². The Kier molecular flexibility index (Phi) is 4.26. The van der Waals surface area contributed by atoms with Crippen molar-refractivity contribution in [3.63, 3.8) is 0 Å². The average Bonchev–Trinajstić information content (AvgIpc) is 2.36. The zero-order chi connectivity index (χ0) is 14.9. The lowest BCUT2D eigenvalue weighted by molar-refractivity contribution is 0.579. The average molecular weight is 384 g/mol. The van der Waals surface area contributed by atoms with Crippen LogP contribution in [0.3, 0.4) is 0 Å². The predicted molar refractivity (Wildman–Crippen MR) is 74.1 cm³/mol. The monoisotopic (exact) mass is 382 g/mol. The summed E-state index contributed by atoms with van der Waals surface area (Å²) in [6.07, 6.45) is 1.20. The second-order valence-electron chi connectivity index (χ2n) is 3.67. The van der Waals surface area contributed by atoms with E-state index >= 15 is 0 Å². The lowest BCUT2D eigenvalue weighted by Gasteiger charge is -2.09. The highest BCUT2D eigenvalue weighted by Crippen LogP contribution is 2.26. The fourth-order valence-electron chi connectivity index (χ4n) is 1.36. The standard InChI is InChI=1S/C11H6BrClF2N2O2S/c12-7-4-10(9(15)5-8(7)14)17-20(18,19)6-1-2-16-11(13)3-6/h1-5,17H. The first-order valence-electron chi connectivity index (χ1n) is 5.08. The smallest absolute Gasteiger partial charge is 0.262 e. The number of anilines is 1. The number of nitrogens with zero attached hydrogens (tertiary/aromatic N) is 1. The van der Waals surface area contributed by atoms with Crippen LogP contribution >= 0.6 is 27.5 Å². The number of hydrogen-bond acceptors (Lipinski definition) is 3. The molecular weight excluding hydrogens is 378 g/mol. The Morgan fingerprint density at radius 3 is 2.55 bits per heavy atom. The van der Waals surface area contributed by atoms with Crippen molar-refractivity contribution < 1.29 is 17.2 Å². The Balaban J connectivity index is 2.41. The first-order chi connectivity index (χ1) is 9.29. The molecule has 0 bridgehead atoms. The Bertz CT molecular complexity index is 771. The highest BCUT2D eigenvalue weighted by Gasteiger charge is 2.18. The molecule has 1 heterocycles. The van der Waals surface area contributed by atoms with Gasteiger partial charge in [0.2, 0.25) is 0 Å². The van der Waals surface area contributed by atoms with Crippen molar-refractivity contribution in [1.29, 1.82) is 0 Å². The third-order valence-corrected chi connectivity index (χ3v) is 4.44. The molecular formula is C11H6BrClF2N2O2S. The van der Waals surface area contributed by atoms with Crippen molar-refractivity contribution in [1.82, 2.24) is 4.98 Å². The van der Waals surface area contributed by atoms with Gasteiger partial charge in [0.1, 0.15) is 16.8 Å². The number of rotatable bonds is 3. The second kappa shape index (κ2) is 5.63. The van der Waals surface area contributed by atoms with Crippen LogP contribution < -0.4 is 4.72 Å². The summed E-state index contributed by atoms with van der Waals surface area (Å²) in [5.74, 6) is -1.87. The van der Waals surface area contributed by atoms with E-state index < -0.39 is 21.7 Å². The van der Waals surface area contributed by atoms with Crippen LogP contribution in [0.25, 0.3) is 0 Å². The van der Waals surface area contributed by atoms with Gasteiger partial charge in [-0.15, -0.1) is 0 Å². The molecule has 0 aliphatic carbocycles. The topological polar surface area (TPSA) is 59.1 Å². The maximum atomic E-state index is 13.5. The fourth-order valence-corrected chi connectivity index (χ4v) is 3.01. The van der Waals surface area contributed by atoms with Crippen LogP contribution in [0.2, 0.25) is 5.15 Å². The third kappa shape index (κ3) is 3.25. The molecule has 0 fully saturated rings. The minimum Gasteiger partial charge on any atom is -0.277 e. The molecule has 0 amide bonds. The molecule has 2 aromatic rings. The first-order valence-corrected chi connectivity index (χ1v) is 7.74. The number of hydrogen-bond donors (Lipinski definition) is 1.